The van der Waals surface area contributed by atoms with Crippen LogP contribution in [-0.4, -0.2) is 61.4 Å². The van der Waals surface area contributed by atoms with Gasteiger partial charge >= 0.3 is 0 Å². The number of amides is 1. The zero-order chi connectivity index (χ0) is 21.5. The lowest BCUT2D eigenvalue weighted by atomic mass is 9.92. The van der Waals surface area contributed by atoms with Gasteiger partial charge in [-0.2, -0.15) is 0 Å². The molecule has 2 heterocycles. The van der Waals surface area contributed by atoms with Crippen LogP contribution in [0.1, 0.15) is 41.1 Å². The van der Waals surface area contributed by atoms with Crippen LogP contribution in [0.4, 0.5) is 0 Å². The minimum absolute atomic E-state index is 0.0184. The van der Waals surface area contributed by atoms with Crippen LogP contribution in [0.5, 0.6) is 11.5 Å². The number of nitrogens with zero attached hydrogens (tertiary/aromatic N) is 3. The standard InChI is InChI=1S/C23H33N3O4/c1-17-16-24-22(26(17)10-5-13-28-2)14-18-8-11-25(12-9-18)23(27)20-7-6-19(29-3)15-21(20)30-4/h6-7,15-16,18H,5,8-14H2,1-4H3. The number of carbonyl (C=O) groups excluding carboxylic acids is 1. The molecule has 0 spiro atoms. The molecule has 0 saturated carbocycles. The molecular formula is C23H33N3O4. The number of ether oxygens (including phenoxy) is 3. The molecule has 0 radical (unpaired) electrons. The lowest BCUT2D eigenvalue weighted by Crippen LogP contribution is -2.39. The first-order valence-corrected chi connectivity index (χ1v) is 10.6. The first kappa shape index (κ1) is 22.2. The number of likely N-dealkylation sites (tertiary alicyclic amines) is 1. The SMILES string of the molecule is COCCCn1c(C)cnc1CC1CCN(C(=O)c2ccc(OC)cc2OC)CC1. The Morgan fingerprint density at radius 2 is 1.93 bits per heavy atom. The summed E-state index contributed by atoms with van der Waals surface area (Å²) in [5, 5.41) is 0. The molecule has 1 saturated heterocycles. The van der Waals surface area contributed by atoms with Gasteiger partial charge in [0.2, 0.25) is 0 Å². The molecule has 7 heteroatoms. The molecule has 1 aromatic heterocycles. The Hall–Kier alpha value is -2.54. The van der Waals surface area contributed by atoms with Crippen molar-refractivity contribution in [2.75, 3.05) is 41.0 Å². The Labute approximate surface area is 178 Å². The Kier molecular flexibility index (Phi) is 7.74. The third-order valence-electron chi connectivity index (χ3n) is 5.88. The Balaban J connectivity index is 1.58. The monoisotopic (exact) mass is 415 g/mol. The average molecular weight is 416 g/mol. The van der Waals surface area contributed by atoms with Crippen LogP contribution in [0, 0.1) is 12.8 Å². The molecule has 0 atom stereocenters. The van der Waals surface area contributed by atoms with Gasteiger partial charge in [-0.05, 0) is 44.2 Å². The van der Waals surface area contributed by atoms with E-state index in [2.05, 4.69) is 16.5 Å². The van der Waals surface area contributed by atoms with Gasteiger partial charge < -0.3 is 23.7 Å². The molecule has 1 aliphatic heterocycles. The summed E-state index contributed by atoms with van der Waals surface area (Å²) in [6.45, 7) is 5.30. The summed E-state index contributed by atoms with van der Waals surface area (Å²) in [5.41, 5.74) is 1.78. The molecule has 2 aromatic rings. The molecule has 7 nitrogen and oxygen atoms in total. The fourth-order valence-corrected chi connectivity index (χ4v) is 4.09. The number of benzene rings is 1. The number of rotatable bonds is 9. The van der Waals surface area contributed by atoms with Crippen molar-refractivity contribution in [3.63, 3.8) is 0 Å². The van der Waals surface area contributed by atoms with E-state index < -0.39 is 0 Å². The number of hydrogen-bond donors (Lipinski definition) is 0. The van der Waals surface area contributed by atoms with E-state index in [1.807, 2.05) is 11.1 Å². The van der Waals surface area contributed by atoms with E-state index in [-0.39, 0.29) is 5.91 Å². The quantitative estimate of drug-likeness (QED) is 0.588. The zero-order valence-electron chi connectivity index (χ0n) is 18.5. The maximum absolute atomic E-state index is 13.0. The second-order valence-corrected chi connectivity index (χ2v) is 7.82. The molecule has 0 N–H and O–H groups in total. The summed E-state index contributed by atoms with van der Waals surface area (Å²) in [7, 11) is 4.91. The molecule has 1 aliphatic rings. The van der Waals surface area contributed by atoms with E-state index in [0.29, 0.717) is 23.0 Å². The van der Waals surface area contributed by atoms with Crippen LogP contribution in [0.15, 0.2) is 24.4 Å². The number of aryl methyl sites for hydroxylation is 1. The molecule has 0 bridgehead atoms. The molecule has 1 fully saturated rings. The summed E-state index contributed by atoms with van der Waals surface area (Å²) in [6, 6.07) is 5.34. The molecule has 30 heavy (non-hydrogen) atoms. The Morgan fingerprint density at radius 3 is 2.60 bits per heavy atom. The predicted molar refractivity (Wildman–Crippen MR) is 115 cm³/mol. The molecule has 0 unspecified atom stereocenters. The number of carbonyl (C=O) groups is 1. The highest BCUT2D eigenvalue weighted by molar-refractivity contribution is 5.97. The van der Waals surface area contributed by atoms with Crippen molar-refractivity contribution in [2.45, 2.75) is 39.2 Å². The van der Waals surface area contributed by atoms with Crippen molar-refractivity contribution >= 4 is 5.91 Å². The topological polar surface area (TPSA) is 65.8 Å². The van der Waals surface area contributed by atoms with Crippen molar-refractivity contribution < 1.29 is 19.0 Å². The van der Waals surface area contributed by atoms with Crippen molar-refractivity contribution in [1.29, 1.82) is 0 Å². The number of hydrogen-bond acceptors (Lipinski definition) is 5. The molecule has 3 rings (SSSR count). The maximum Gasteiger partial charge on any atom is 0.257 e. The number of imidazole rings is 1. The normalized spacial score (nSPS) is 14.7. The van der Waals surface area contributed by atoms with E-state index in [1.165, 1.54) is 5.69 Å². The van der Waals surface area contributed by atoms with Crippen molar-refractivity contribution in [2.24, 2.45) is 5.92 Å². The largest absolute Gasteiger partial charge is 0.497 e. The fraction of sp³-hybridized carbons (Fsp3) is 0.565. The van der Waals surface area contributed by atoms with E-state index in [1.54, 1.807) is 39.5 Å². The summed E-state index contributed by atoms with van der Waals surface area (Å²) in [4.78, 5) is 19.6. The van der Waals surface area contributed by atoms with Crippen LogP contribution in [0.2, 0.25) is 0 Å². The summed E-state index contributed by atoms with van der Waals surface area (Å²) in [6.07, 6.45) is 5.85. The highest BCUT2D eigenvalue weighted by Crippen LogP contribution is 2.28. The second kappa shape index (κ2) is 10.5. The van der Waals surface area contributed by atoms with Gasteiger partial charge in [-0.3, -0.25) is 4.79 Å². The first-order chi connectivity index (χ1) is 14.6. The van der Waals surface area contributed by atoms with E-state index in [4.69, 9.17) is 14.2 Å². The van der Waals surface area contributed by atoms with Crippen LogP contribution in [-0.2, 0) is 17.7 Å². The minimum Gasteiger partial charge on any atom is -0.497 e. The molecule has 1 aromatic carbocycles. The molecule has 0 aliphatic carbocycles. The summed E-state index contributed by atoms with van der Waals surface area (Å²) in [5.74, 6) is 2.93. The van der Waals surface area contributed by atoms with E-state index in [9.17, 15) is 4.79 Å². The number of aromatic nitrogens is 2. The molecule has 164 valence electrons. The lowest BCUT2D eigenvalue weighted by molar-refractivity contribution is 0.0686. The van der Waals surface area contributed by atoms with Crippen LogP contribution < -0.4 is 9.47 Å². The van der Waals surface area contributed by atoms with Gasteiger partial charge in [0, 0.05) is 57.7 Å². The van der Waals surface area contributed by atoms with Crippen LogP contribution in [0.3, 0.4) is 0 Å². The van der Waals surface area contributed by atoms with Gasteiger partial charge in [-0.15, -0.1) is 0 Å². The summed E-state index contributed by atoms with van der Waals surface area (Å²) < 4.78 is 18.1. The molecule has 1 amide bonds. The minimum atomic E-state index is 0.0184. The van der Waals surface area contributed by atoms with Gasteiger partial charge in [0.05, 0.1) is 19.8 Å². The highest BCUT2D eigenvalue weighted by Gasteiger charge is 2.26. The average Bonchev–Trinajstić information content (AvgIpc) is 3.12. The number of piperidine rings is 1. The maximum atomic E-state index is 13.0. The fourth-order valence-electron chi connectivity index (χ4n) is 4.09. The molecular weight excluding hydrogens is 382 g/mol. The predicted octanol–water partition coefficient (Wildman–Crippen LogP) is 3.34. The third kappa shape index (κ3) is 5.14. The van der Waals surface area contributed by atoms with Gasteiger partial charge in [0.25, 0.3) is 5.91 Å². The van der Waals surface area contributed by atoms with Crippen molar-refractivity contribution in [1.82, 2.24) is 14.5 Å². The van der Waals surface area contributed by atoms with Gasteiger partial charge in [0.1, 0.15) is 17.3 Å². The van der Waals surface area contributed by atoms with Crippen molar-refractivity contribution in [3.05, 3.63) is 41.5 Å². The van der Waals surface area contributed by atoms with E-state index in [0.717, 1.165) is 57.7 Å². The third-order valence-corrected chi connectivity index (χ3v) is 5.88. The lowest BCUT2D eigenvalue weighted by Gasteiger charge is -2.32. The Morgan fingerprint density at radius 1 is 1.17 bits per heavy atom. The van der Waals surface area contributed by atoms with E-state index >= 15 is 0 Å². The smallest absolute Gasteiger partial charge is 0.257 e. The van der Waals surface area contributed by atoms with Crippen LogP contribution >= 0.6 is 0 Å². The first-order valence-electron chi connectivity index (χ1n) is 10.6. The Bertz CT molecular complexity index is 841. The van der Waals surface area contributed by atoms with Crippen molar-refractivity contribution in [3.8, 4) is 11.5 Å². The van der Waals surface area contributed by atoms with Gasteiger partial charge in [-0.1, -0.05) is 0 Å². The van der Waals surface area contributed by atoms with Gasteiger partial charge in [-0.25, -0.2) is 4.98 Å². The van der Waals surface area contributed by atoms with Crippen LogP contribution in [0.25, 0.3) is 0 Å². The zero-order valence-corrected chi connectivity index (χ0v) is 18.5. The number of methoxy groups -OCH3 is 3. The second-order valence-electron chi connectivity index (χ2n) is 7.82. The van der Waals surface area contributed by atoms with Gasteiger partial charge in [0.15, 0.2) is 0 Å². The summed E-state index contributed by atoms with van der Waals surface area (Å²) >= 11 is 0. The highest BCUT2D eigenvalue weighted by atomic mass is 16.5.